The first-order valence-electron chi connectivity index (χ1n) is 5.00. The summed E-state index contributed by atoms with van der Waals surface area (Å²) in [6.45, 7) is 0.198. The second-order valence-corrected chi connectivity index (χ2v) is 4.21. The van der Waals surface area contributed by atoms with Crippen LogP contribution in [0.25, 0.3) is 0 Å². The Morgan fingerprint density at radius 1 is 1.59 bits per heavy atom. The van der Waals surface area contributed by atoms with Gasteiger partial charge >= 0.3 is 0 Å². The van der Waals surface area contributed by atoms with Crippen LogP contribution in [-0.2, 0) is 9.59 Å². The molecule has 1 aliphatic rings. The topological polar surface area (TPSA) is 102 Å². The van der Waals surface area contributed by atoms with Crippen LogP contribution in [-0.4, -0.2) is 23.3 Å². The number of rotatable bonds is 2. The number of nitrogens with two attached hydrogens (primary N) is 2. The molecule has 1 fully saturated rings. The Labute approximate surface area is 103 Å². The maximum atomic E-state index is 11.8. The van der Waals surface area contributed by atoms with Crippen molar-refractivity contribution in [3.63, 3.8) is 0 Å². The van der Waals surface area contributed by atoms with Gasteiger partial charge in [-0.1, -0.05) is 11.6 Å². The number of carbonyl (C=O) groups excluding carboxylic acids is 2. The quantitative estimate of drug-likeness (QED) is 0.734. The van der Waals surface area contributed by atoms with E-state index in [0.29, 0.717) is 11.4 Å². The Bertz CT molecular complexity index is 471. The van der Waals surface area contributed by atoms with Gasteiger partial charge in [-0.05, 0) is 6.07 Å². The van der Waals surface area contributed by atoms with Crippen molar-refractivity contribution in [3.05, 3.63) is 17.4 Å². The summed E-state index contributed by atoms with van der Waals surface area (Å²) in [6, 6.07) is 1.55. The second-order valence-electron chi connectivity index (χ2n) is 3.85. The normalized spacial score (nSPS) is 19.7. The van der Waals surface area contributed by atoms with Crippen molar-refractivity contribution in [1.29, 1.82) is 0 Å². The summed E-state index contributed by atoms with van der Waals surface area (Å²) in [6.07, 6.45) is 1.53. The van der Waals surface area contributed by atoms with Gasteiger partial charge in [-0.3, -0.25) is 9.59 Å². The van der Waals surface area contributed by atoms with Crippen molar-refractivity contribution in [1.82, 2.24) is 4.98 Å². The van der Waals surface area contributed by atoms with E-state index in [2.05, 4.69) is 4.98 Å². The number of amides is 2. The van der Waals surface area contributed by atoms with Crippen molar-refractivity contribution in [2.24, 2.45) is 11.7 Å². The first-order chi connectivity index (χ1) is 8.00. The maximum Gasteiger partial charge on any atom is 0.228 e. The molecule has 17 heavy (non-hydrogen) atoms. The van der Waals surface area contributed by atoms with Crippen molar-refractivity contribution in [2.75, 3.05) is 17.2 Å². The Morgan fingerprint density at radius 2 is 2.29 bits per heavy atom. The van der Waals surface area contributed by atoms with Crippen LogP contribution in [0.5, 0.6) is 0 Å². The Kier molecular flexibility index (Phi) is 2.89. The third kappa shape index (κ3) is 2.03. The van der Waals surface area contributed by atoms with Gasteiger partial charge in [-0.2, -0.15) is 0 Å². The van der Waals surface area contributed by atoms with Crippen LogP contribution in [0, 0.1) is 5.92 Å². The molecule has 2 rings (SSSR count). The molecule has 0 aliphatic carbocycles. The molecule has 1 unspecified atom stereocenters. The number of anilines is 2. The largest absolute Gasteiger partial charge is 0.397 e. The summed E-state index contributed by atoms with van der Waals surface area (Å²) in [5.41, 5.74) is 11.6. The predicted octanol–water partition coefficient (Wildman–Crippen LogP) is 0.155. The van der Waals surface area contributed by atoms with E-state index in [1.54, 1.807) is 6.07 Å². The molecule has 90 valence electrons. The lowest BCUT2D eigenvalue weighted by atomic mass is 10.1. The molecule has 0 spiro atoms. The van der Waals surface area contributed by atoms with Crippen LogP contribution in [0.3, 0.4) is 0 Å². The van der Waals surface area contributed by atoms with Gasteiger partial charge in [0.15, 0.2) is 5.15 Å². The monoisotopic (exact) mass is 254 g/mol. The molecular formula is C10H11ClN4O2. The summed E-state index contributed by atoms with van der Waals surface area (Å²) in [7, 11) is 0. The number of primary amides is 1. The van der Waals surface area contributed by atoms with E-state index in [-0.39, 0.29) is 24.0 Å². The summed E-state index contributed by atoms with van der Waals surface area (Å²) in [4.78, 5) is 28.1. The summed E-state index contributed by atoms with van der Waals surface area (Å²) < 4.78 is 0. The molecule has 1 aliphatic heterocycles. The zero-order valence-corrected chi connectivity index (χ0v) is 9.65. The molecule has 2 heterocycles. The molecular weight excluding hydrogens is 244 g/mol. The molecule has 0 bridgehead atoms. The highest BCUT2D eigenvalue weighted by molar-refractivity contribution is 6.33. The van der Waals surface area contributed by atoms with Crippen LogP contribution in [0.15, 0.2) is 12.3 Å². The van der Waals surface area contributed by atoms with Crippen molar-refractivity contribution in [2.45, 2.75) is 6.42 Å². The minimum absolute atomic E-state index is 0.0833. The number of aromatic nitrogens is 1. The lowest BCUT2D eigenvalue weighted by Crippen LogP contribution is -2.29. The van der Waals surface area contributed by atoms with E-state index in [4.69, 9.17) is 23.1 Å². The molecule has 0 aromatic carbocycles. The molecule has 0 radical (unpaired) electrons. The number of carbonyl (C=O) groups is 2. The summed E-state index contributed by atoms with van der Waals surface area (Å²) >= 11 is 5.90. The highest BCUT2D eigenvalue weighted by atomic mass is 35.5. The van der Waals surface area contributed by atoms with E-state index in [1.165, 1.54) is 11.1 Å². The summed E-state index contributed by atoms with van der Waals surface area (Å²) in [5, 5.41) is 0.142. The molecule has 1 atom stereocenters. The van der Waals surface area contributed by atoms with Crippen LogP contribution in [0.4, 0.5) is 11.4 Å². The van der Waals surface area contributed by atoms with E-state index < -0.39 is 11.8 Å². The minimum atomic E-state index is -0.502. The molecule has 1 aromatic rings. The van der Waals surface area contributed by atoms with Crippen LogP contribution < -0.4 is 16.4 Å². The summed E-state index contributed by atoms with van der Waals surface area (Å²) in [5.74, 6) is -1.23. The number of halogens is 1. The predicted molar refractivity (Wildman–Crippen MR) is 63.3 cm³/mol. The fourth-order valence-electron chi connectivity index (χ4n) is 1.82. The number of hydrogen-bond donors (Lipinski definition) is 2. The number of hydrogen-bond acceptors (Lipinski definition) is 4. The third-order valence-corrected chi connectivity index (χ3v) is 2.98. The Morgan fingerprint density at radius 3 is 2.82 bits per heavy atom. The fraction of sp³-hybridized carbons (Fsp3) is 0.300. The lowest BCUT2D eigenvalue weighted by Gasteiger charge is -2.18. The average Bonchev–Trinajstić information content (AvgIpc) is 2.61. The molecule has 7 heteroatoms. The SMILES string of the molecule is NC(=O)C1CC(=O)N(c2c(N)ccnc2Cl)C1. The van der Waals surface area contributed by atoms with Gasteiger partial charge in [0.05, 0.1) is 11.6 Å². The molecule has 1 saturated heterocycles. The molecule has 0 saturated carbocycles. The average molecular weight is 255 g/mol. The molecule has 6 nitrogen and oxygen atoms in total. The highest BCUT2D eigenvalue weighted by Gasteiger charge is 2.35. The van der Waals surface area contributed by atoms with Gasteiger partial charge in [-0.15, -0.1) is 0 Å². The number of nitrogens with zero attached hydrogens (tertiary/aromatic N) is 2. The minimum Gasteiger partial charge on any atom is -0.397 e. The molecule has 1 aromatic heterocycles. The lowest BCUT2D eigenvalue weighted by molar-refractivity contribution is -0.123. The first-order valence-corrected chi connectivity index (χ1v) is 5.38. The zero-order valence-electron chi connectivity index (χ0n) is 8.89. The van der Waals surface area contributed by atoms with E-state index in [1.807, 2.05) is 0 Å². The van der Waals surface area contributed by atoms with E-state index in [9.17, 15) is 9.59 Å². The van der Waals surface area contributed by atoms with Gasteiger partial charge in [0.2, 0.25) is 11.8 Å². The van der Waals surface area contributed by atoms with Crippen LogP contribution in [0.2, 0.25) is 5.15 Å². The van der Waals surface area contributed by atoms with Crippen molar-refractivity contribution in [3.8, 4) is 0 Å². The maximum absolute atomic E-state index is 11.8. The van der Waals surface area contributed by atoms with Gasteiger partial charge < -0.3 is 16.4 Å². The standard InChI is InChI=1S/C10H11ClN4O2/c11-9-8(6(12)1-2-14-9)15-4-5(10(13)17)3-7(15)16/h1-2,5H,3-4H2,(H2,12,14)(H2,13,17). The Balaban J connectivity index is 2.35. The smallest absolute Gasteiger partial charge is 0.228 e. The van der Waals surface area contributed by atoms with Gasteiger partial charge in [-0.25, -0.2) is 4.98 Å². The molecule has 4 N–H and O–H groups in total. The van der Waals surface area contributed by atoms with Crippen molar-refractivity contribution < 1.29 is 9.59 Å². The number of nitrogen functional groups attached to an aromatic ring is 1. The van der Waals surface area contributed by atoms with Crippen LogP contribution >= 0.6 is 11.6 Å². The van der Waals surface area contributed by atoms with Crippen LogP contribution in [0.1, 0.15) is 6.42 Å². The van der Waals surface area contributed by atoms with Gasteiger partial charge in [0.25, 0.3) is 0 Å². The third-order valence-electron chi connectivity index (χ3n) is 2.71. The van der Waals surface area contributed by atoms with E-state index >= 15 is 0 Å². The van der Waals surface area contributed by atoms with Crippen molar-refractivity contribution >= 4 is 34.8 Å². The van der Waals surface area contributed by atoms with E-state index in [0.717, 1.165) is 0 Å². The van der Waals surface area contributed by atoms with Gasteiger partial charge in [0.1, 0.15) is 5.69 Å². The molecule has 2 amide bonds. The zero-order chi connectivity index (χ0) is 12.6. The second kappa shape index (κ2) is 4.21. The van der Waals surface area contributed by atoms with Gasteiger partial charge in [0, 0.05) is 19.2 Å². The highest BCUT2D eigenvalue weighted by Crippen LogP contribution is 2.34. The number of pyridine rings is 1. The first kappa shape index (κ1) is 11.7. The Hall–Kier alpha value is -1.82. The fourth-order valence-corrected chi connectivity index (χ4v) is 2.09.